The van der Waals surface area contributed by atoms with Gasteiger partial charge in [-0.25, -0.2) is 9.78 Å². The van der Waals surface area contributed by atoms with Crippen molar-refractivity contribution in [1.29, 1.82) is 0 Å². The lowest BCUT2D eigenvalue weighted by atomic mass is 10.1. The Morgan fingerprint density at radius 1 is 1.23 bits per heavy atom. The number of rotatable bonds is 7. The van der Waals surface area contributed by atoms with Crippen LogP contribution >= 0.6 is 11.6 Å². The molecule has 3 aromatic heterocycles. The molecule has 1 aliphatic carbocycles. The van der Waals surface area contributed by atoms with Gasteiger partial charge in [0.05, 0.1) is 59.6 Å². The highest BCUT2D eigenvalue weighted by molar-refractivity contribution is 6.32. The first kappa shape index (κ1) is 20.0. The van der Waals surface area contributed by atoms with E-state index in [9.17, 15) is 4.79 Å². The van der Waals surface area contributed by atoms with Crippen LogP contribution in [0.4, 0.5) is 16.2 Å². The molecule has 3 heterocycles. The lowest BCUT2D eigenvalue weighted by molar-refractivity contribution is 0.116. The van der Waals surface area contributed by atoms with Gasteiger partial charge in [0.2, 0.25) is 0 Å². The number of nitrogens with one attached hydrogen (secondary N) is 2. The number of methoxy groups -OCH3 is 1. The fourth-order valence-corrected chi connectivity index (χ4v) is 3.05. The van der Waals surface area contributed by atoms with Gasteiger partial charge < -0.3 is 20.1 Å². The van der Waals surface area contributed by atoms with Crippen molar-refractivity contribution in [1.82, 2.24) is 25.0 Å². The van der Waals surface area contributed by atoms with Crippen LogP contribution in [0.5, 0.6) is 5.75 Å². The number of urea groups is 1. The third-order valence-electron chi connectivity index (χ3n) is 4.47. The summed E-state index contributed by atoms with van der Waals surface area (Å²) in [6.45, 7) is 1.88. The molecule has 0 aliphatic heterocycles. The molecule has 11 heteroatoms. The zero-order valence-electron chi connectivity index (χ0n) is 16.4. The number of ether oxygens (including phenoxy) is 2. The third-order valence-corrected chi connectivity index (χ3v) is 4.74. The van der Waals surface area contributed by atoms with Gasteiger partial charge in [-0.3, -0.25) is 4.98 Å². The highest BCUT2D eigenvalue weighted by atomic mass is 35.5. The Morgan fingerprint density at radius 2 is 2.00 bits per heavy atom. The molecule has 0 radical (unpaired) electrons. The molecule has 156 valence electrons. The Kier molecular flexibility index (Phi) is 5.77. The molecule has 0 bridgehead atoms. The van der Waals surface area contributed by atoms with E-state index < -0.39 is 6.03 Å². The standard InChI is InChI=1S/C19H20ClN7O3/c1-11(29-2)17-15(9-21-10-16(17)30-13-3-4-13)26-19(28)25-12-7-14(20)18(22-8-12)27-23-5-6-24-27/h5-11,13H,3-4H2,1-2H3,(H2,25,26,28). The van der Waals surface area contributed by atoms with Gasteiger partial charge in [0.1, 0.15) is 5.75 Å². The van der Waals surface area contributed by atoms with Crippen LogP contribution in [-0.2, 0) is 4.74 Å². The third kappa shape index (κ3) is 4.50. The molecule has 0 spiro atoms. The molecule has 1 fully saturated rings. The predicted molar refractivity (Wildman–Crippen MR) is 110 cm³/mol. The molecule has 2 N–H and O–H groups in total. The van der Waals surface area contributed by atoms with Gasteiger partial charge in [-0.05, 0) is 25.8 Å². The van der Waals surface area contributed by atoms with Crippen LogP contribution < -0.4 is 15.4 Å². The van der Waals surface area contributed by atoms with Crippen LogP contribution in [0.25, 0.3) is 5.82 Å². The van der Waals surface area contributed by atoms with Crippen molar-refractivity contribution in [2.45, 2.75) is 32.0 Å². The average molecular weight is 430 g/mol. The minimum Gasteiger partial charge on any atom is -0.488 e. The Bertz CT molecular complexity index is 1040. The molecule has 1 unspecified atom stereocenters. The SMILES string of the molecule is COC(C)c1c(NC(=O)Nc2cnc(-n3nccn3)c(Cl)c2)cncc1OC1CC1. The summed E-state index contributed by atoms with van der Waals surface area (Å²) in [6, 6.07) is 1.09. The summed E-state index contributed by atoms with van der Waals surface area (Å²) in [5, 5.41) is 13.8. The molecule has 0 saturated heterocycles. The topological polar surface area (TPSA) is 116 Å². The molecule has 1 aliphatic rings. The van der Waals surface area contributed by atoms with Crippen LogP contribution in [-0.4, -0.2) is 44.2 Å². The molecule has 3 aromatic rings. The van der Waals surface area contributed by atoms with Gasteiger partial charge in [-0.15, -0.1) is 4.80 Å². The minimum absolute atomic E-state index is 0.190. The predicted octanol–water partition coefficient (Wildman–Crippen LogP) is 3.60. The highest BCUT2D eigenvalue weighted by Gasteiger charge is 2.27. The summed E-state index contributed by atoms with van der Waals surface area (Å²) in [6.07, 6.45) is 9.61. The van der Waals surface area contributed by atoms with Crippen molar-refractivity contribution < 1.29 is 14.3 Å². The van der Waals surface area contributed by atoms with Crippen molar-refractivity contribution in [2.24, 2.45) is 0 Å². The first-order chi connectivity index (χ1) is 14.5. The van der Waals surface area contributed by atoms with Crippen molar-refractivity contribution in [3.63, 3.8) is 0 Å². The Balaban J connectivity index is 1.50. The van der Waals surface area contributed by atoms with E-state index in [0.29, 0.717) is 28.0 Å². The first-order valence-corrected chi connectivity index (χ1v) is 9.70. The van der Waals surface area contributed by atoms with Crippen molar-refractivity contribution in [2.75, 3.05) is 17.7 Å². The fraction of sp³-hybridized carbons (Fsp3) is 0.316. The van der Waals surface area contributed by atoms with E-state index in [-0.39, 0.29) is 12.2 Å². The summed E-state index contributed by atoms with van der Waals surface area (Å²) in [7, 11) is 1.60. The molecule has 10 nitrogen and oxygen atoms in total. The Hall–Kier alpha value is -3.24. The second kappa shape index (κ2) is 8.64. The van der Waals surface area contributed by atoms with E-state index in [1.807, 2.05) is 6.92 Å². The molecule has 30 heavy (non-hydrogen) atoms. The molecule has 1 saturated carbocycles. The molecule has 0 aromatic carbocycles. The summed E-state index contributed by atoms with van der Waals surface area (Å²) < 4.78 is 11.4. The lowest BCUT2D eigenvalue weighted by Gasteiger charge is -2.19. The summed E-state index contributed by atoms with van der Waals surface area (Å²) >= 11 is 6.25. The van der Waals surface area contributed by atoms with Crippen molar-refractivity contribution >= 4 is 29.0 Å². The molecule has 2 amide bonds. The summed E-state index contributed by atoms with van der Waals surface area (Å²) in [5.74, 6) is 0.961. The lowest BCUT2D eigenvalue weighted by Crippen LogP contribution is -2.21. The van der Waals surface area contributed by atoms with E-state index in [1.54, 1.807) is 25.6 Å². The van der Waals surface area contributed by atoms with E-state index in [2.05, 4.69) is 30.8 Å². The second-order valence-corrected chi connectivity index (χ2v) is 7.13. The van der Waals surface area contributed by atoms with Crippen LogP contribution in [0.3, 0.4) is 0 Å². The van der Waals surface area contributed by atoms with E-state index in [1.165, 1.54) is 23.4 Å². The van der Waals surface area contributed by atoms with Crippen molar-refractivity contribution in [3.05, 3.63) is 47.6 Å². The van der Waals surface area contributed by atoms with Crippen LogP contribution in [0.15, 0.2) is 37.1 Å². The molecular formula is C19H20ClN7O3. The van der Waals surface area contributed by atoms with Crippen LogP contribution in [0.2, 0.25) is 5.02 Å². The van der Waals surface area contributed by atoms with Gasteiger partial charge in [-0.1, -0.05) is 11.6 Å². The van der Waals surface area contributed by atoms with Gasteiger partial charge in [0.15, 0.2) is 5.82 Å². The number of hydrogen-bond acceptors (Lipinski definition) is 7. The average Bonchev–Trinajstić information content (AvgIpc) is 3.37. The number of amides is 2. The normalized spacial score (nSPS) is 14.2. The number of carbonyl (C=O) groups is 1. The number of halogens is 1. The molecule has 4 rings (SSSR count). The van der Waals surface area contributed by atoms with Gasteiger partial charge >= 0.3 is 6.03 Å². The van der Waals surface area contributed by atoms with E-state index >= 15 is 0 Å². The zero-order valence-corrected chi connectivity index (χ0v) is 17.1. The van der Waals surface area contributed by atoms with Gasteiger partial charge in [0, 0.05) is 12.7 Å². The largest absolute Gasteiger partial charge is 0.488 e. The number of carbonyl (C=O) groups excluding carboxylic acids is 1. The maximum absolute atomic E-state index is 12.6. The monoisotopic (exact) mass is 429 g/mol. The number of pyridine rings is 2. The number of anilines is 2. The van der Waals surface area contributed by atoms with E-state index in [0.717, 1.165) is 18.4 Å². The number of aromatic nitrogens is 5. The fourth-order valence-electron chi connectivity index (χ4n) is 2.80. The van der Waals surface area contributed by atoms with Gasteiger partial charge in [-0.2, -0.15) is 10.2 Å². The highest BCUT2D eigenvalue weighted by Crippen LogP contribution is 2.36. The van der Waals surface area contributed by atoms with Crippen LogP contribution in [0.1, 0.15) is 31.4 Å². The first-order valence-electron chi connectivity index (χ1n) is 9.32. The Labute approximate surface area is 177 Å². The van der Waals surface area contributed by atoms with Gasteiger partial charge in [0.25, 0.3) is 0 Å². The molecular weight excluding hydrogens is 410 g/mol. The van der Waals surface area contributed by atoms with Crippen molar-refractivity contribution in [3.8, 4) is 11.6 Å². The quantitative estimate of drug-likeness (QED) is 0.589. The van der Waals surface area contributed by atoms with Crippen LogP contribution in [0, 0.1) is 0 Å². The second-order valence-electron chi connectivity index (χ2n) is 6.72. The number of hydrogen-bond donors (Lipinski definition) is 2. The summed E-state index contributed by atoms with van der Waals surface area (Å²) in [4.78, 5) is 22.3. The Morgan fingerprint density at radius 3 is 2.67 bits per heavy atom. The maximum Gasteiger partial charge on any atom is 0.323 e. The zero-order chi connectivity index (χ0) is 21.1. The maximum atomic E-state index is 12.6. The summed E-state index contributed by atoms with van der Waals surface area (Å²) in [5.41, 5.74) is 1.63. The van der Waals surface area contributed by atoms with E-state index in [4.69, 9.17) is 21.1 Å². The molecule has 1 atom stereocenters. The number of nitrogens with zero attached hydrogens (tertiary/aromatic N) is 5. The smallest absolute Gasteiger partial charge is 0.323 e. The minimum atomic E-state index is -0.479.